The summed E-state index contributed by atoms with van der Waals surface area (Å²) in [6.45, 7) is 6.79. The van der Waals surface area contributed by atoms with Crippen molar-refractivity contribution in [2.45, 2.75) is 26.8 Å². The third-order valence-corrected chi connectivity index (χ3v) is 7.68. The van der Waals surface area contributed by atoms with Crippen LogP contribution in [0.4, 0.5) is 5.13 Å². The smallest absolute Gasteiger partial charge is 0.301 e. The third kappa shape index (κ3) is 3.84. The fourth-order valence-electron chi connectivity index (χ4n) is 4.90. The second-order valence-corrected chi connectivity index (χ2v) is 10.4. The molecule has 8 heteroatoms. The fraction of sp³-hybridized carbons (Fsp3) is 0.207. The van der Waals surface area contributed by atoms with Gasteiger partial charge in [-0.25, -0.2) is 4.98 Å². The zero-order valence-electron chi connectivity index (χ0n) is 20.6. The van der Waals surface area contributed by atoms with Gasteiger partial charge in [0, 0.05) is 5.56 Å². The molecule has 186 valence electrons. The number of anilines is 1. The molecular formula is C29H24N2O5S. The maximum Gasteiger partial charge on any atom is 0.301 e. The van der Waals surface area contributed by atoms with Crippen molar-refractivity contribution in [2.24, 2.45) is 0 Å². The number of rotatable bonds is 3. The number of aromatic nitrogens is 1. The summed E-state index contributed by atoms with van der Waals surface area (Å²) < 4.78 is 12.2. The molecule has 7 nitrogen and oxygen atoms in total. The maximum absolute atomic E-state index is 13.5. The standard InChI is InChI=1S/C29H24N2O5S/c1-15-4-6-18(7-5-15)25-23(26(32)19-8-9-20-21(14-19)36-11-10-35-20)27(33)28(34)31(25)29-30-24-17(3)12-16(2)13-22(24)37-29/h4-9,12-14,25,32H,10-11H2,1-3H3/b26-23-. The van der Waals surface area contributed by atoms with Gasteiger partial charge in [0.15, 0.2) is 16.6 Å². The van der Waals surface area contributed by atoms with Gasteiger partial charge < -0.3 is 14.6 Å². The Morgan fingerprint density at radius 2 is 1.68 bits per heavy atom. The summed E-state index contributed by atoms with van der Waals surface area (Å²) in [5, 5.41) is 11.9. The molecule has 0 bridgehead atoms. The lowest BCUT2D eigenvalue weighted by atomic mass is 9.94. The molecule has 3 aromatic carbocycles. The monoisotopic (exact) mass is 512 g/mol. The number of hydrogen-bond acceptors (Lipinski definition) is 7. The molecule has 1 N–H and O–H groups in total. The minimum absolute atomic E-state index is 0.0117. The number of benzene rings is 3. The quantitative estimate of drug-likeness (QED) is 0.218. The number of ketones is 1. The van der Waals surface area contributed by atoms with E-state index in [0.717, 1.165) is 26.9 Å². The van der Waals surface area contributed by atoms with Crippen LogP contribution in [0.25, 0.3) is 16.0 Å². The van der Waals surface area contributed by atoms with Crippen LogP contribution in [-0.4, -0.2) is 35.0 Å². The van der Waals surface area contributed by atoms with E-state index in [1.807, 2.05) is 57.2 Å². The number of Topliss-reactive ketones (excluding diaryl/α,β-unsaturated/α-hetero) is 1. The van der Waals surface area contributed by atoms with E-state index in [4.69, 9.17) is 14.5 Å². The van der Waals surface area contributed by atoms with Crippen LogP contribution in [0.1, 0.15) is 33.9 Å². The van der Waals surface area contributed by atoms with Gasteiger partial charge >= 0.3 is 5.91 Å². The number of nitrogens with zero attached hydrogens (tertiary/aromatic N) is 2. The number of thiazole rings is 1. The Morgan fingerprint density at radius 1 is 0.946 bits per heavy atom. The van der Waals surface area contributed by atoms with Crippen molar-refractivity contribution in [1.82, 2.24) is 4.98 Å². The minimum atomic E-state index is -0.837. The molecule has 1 unspecified atom stereocenters. The summed E-state index contributed by atoms with van der Waals surface area (Å²) in [5.74, 6) is -0.702. The van der Waals surface area contributed by atoms with Crippen LogP contribution in [0.5, 0.6) is 11.5 Å². The molecule has 2 aliphatic rings. The Morgan fingerprint density at radius 3 is 2.43 bits per heavy atom. The van der Waals surface area contributed by atoms with Crippen LogP contribution in [0.3, 0.4) is 0 Å². The summed E-state index contributed by atoms with van der Waals surface area (Å²) in [7, 11) is 0. The van der Waals surface area contributed by atoms with Crippen LogP contribution >= 0.6 is 11.3 Å². The first-order chi connectivity index (χ1) is 17.8. The SMILES string of the molecule is Cc1ccc(C2/C(=C(/O)c3ccc4c(c3)OCCO4)C(=O)C(=O)N2c2nc3c(C)cc(C)cc3s2)cc1. The number of ether oxygens (including phenoxy) is 2. The topological polar surface area (TPSA) is 89.0 Å². The van der Waals surface area contributed by atoms with E-state index in [1.54, 1.807) is 18.2 Å². The van der Waals surface area contributed by atoms with E-state index in [2.05, 4.69) is 0 Å². The van der Waals surface area contributed by atoms with E-state index < -0.39 is 17.7 Å². The molecule has 1 amide bonds. The van der Waals surface area contributed by atoms with Crippen molar-refractivity contribution in [3.05, 3.63) is 88.0 Å². The second-order valence-electron chi connectivity index (χ2n) is 9.36. The van der Waals surface area contributed by atoms with Crippen molar-refractivity contribution >= 4 is 44.1 Å². The van der Waals surface area contributed by atoms with Gasteiger partial charge in [0.1, 0.15) is 19.0 Å². The molecule has 6 rings (SSSR count). The van der Waals surface area contributed by atoms with Gasteiger partial charge in [-0.1, -0.05) is 47.2 Å². The predicted octanol–water partition coefficient (Wildman–Crippen LogP) is 5.62. The van der Waals surface area contributed by atoms with E-state index in [1.165, 1.54) is 16.2 Å². The number of aliphatic hydroxyl groups is 1. The number of fused-ring (bicyclic) bond motifs is 2. The lowest BCUT2D eigenvalue weighted by Gasteiger charge is -2.23. The highest BCUT2D eigenvalue weighted by Crippen LogP contribution is 2.45. The fourth-order valence-corrected chi connectivity index (χ4v) is 6.07. The maximum atomic E-state index is 13.5. The van der Waals surface area contributed by atoms with Gasteiger partial charge in [-0.05, 0) is 61.7 Å². The van der Waals surface area contributed by atoms with Crippen molar-refractivity contribution < 1.29 is 24.2 Å². The Balaban J connectivity index is 1.55. The van der Waals surface area contributed by atoms with Crippen molar-refractivity contribution in [1.29, 1.82) is 0 Å². The van der Waals surface area contributed by atoms with E-state index in [-0.39, 0.29) is 11.3 Å². The third-order valence-electron chi connectivity index (χ3n) is 6.68. The lowest BCUT2D eigenvalue weighted by molar-refractivity contribution is -0.132. The average Bonchev–Trinajstić information content (AvgIpc) is 3.42. The number of aliphatic hydroxyl groups excluding tert-OH is 1. The molecule has 3 heterocycles. The Bertz CT molecular complexity index is 1620. The molecular weight excluding hydrogens is 488 g/mol. The van der Waals surface area contributed by atoms with Gasteiger partial charge in [0.25, 0.3) is 5.78 Å². The molecule has 37 heavy (non-hydrogen) atoms. The molecule has 2 aliphatic heterocycles. The van der Waals surface area contributed by atoms with Crippen LogP contribution in [0.15, 0.2) is 60.2 Å². The van der Waals surface area contributed by atoms with Gasteiger partial charge in [0.2, 0.25) is 0 Å². The van der Waals surface area contributed by atoms with Crippen molar-refractivity contribution in [2.75, 3.05) is 18.1 Å². The summed E-state index contributed by atoms with van der Waals surface area (Å²) in [6, 6.07) is 15.8. The van der Waals surface area contributed by atoms with Crippen molar-refractivity contribution in [3.63, 3.8) is 0 Å². The Kier molecular flexibility index (Phi) is 5.49. The first kappa shape index (κ1) is 23.2. The normalized spacial score (nSPS) is 18.6. The molecule has 1 saturated heterocycles. The summed E-state index contributed by atoms with van der Waals surface area (Å²) in [5.41, 5.74) is 5.01. The number of amides is 1. The molecule has 1 fully saturated rings. The van der Waals surface area contributed by atoms with E-state index in [0.29, 0.717) is 41.0 Å². The highest BCUT2D eigenvalue weighted by molar-refractivity contribution is 7.22. The highest BCUT2D eigenvalue weighted by Gasteiger charge is 2.48. The molecule has 0 spiro atoms. The summed E-state index contributed by atoms with van der Waals surface area (Å²) in [4.78, 5) is 33.2. The molecule has 1 atom stereocenters. The van der Waals surface area contributed by atoms with Gasteiger partial charge in [-0.2, -0.15) is 0 Å². The summed E-state index contributed by atoms with van der Waals surface area (Å²) in [6.07, 6.45) is 0. The van der Waals surface area contributed by atoms with Crippen molar-refractivity contribution in [3.8, 4) is 11.5 Å². The van der Waals surface area contributed by atoms with E-state index in [9.17, 15) is 14.7 Å². The first-order valence-corrected chi connectivity index (χ1v) is 12.8. The lowest BCUT2D eigenvalue weighted by Crippen LogP contribution is -2.29. The van der Waals surface area contributed by atoms with Gasteiger partial charge in [-0.15, -0.1) is 0 Å². The Labute approximate surface area is 217 Å². The minimum Gasteiger partial charge on any atom is -0.507 e. The number of carbonyl (C=O) groups is 2. The Hall–Kier alpha value is -4.17. The van der Waals surface area contributed by atoms with Crippen LogP contribution in [0, 0.1) is 20.8 Å². The largest absolute Gasteiger partial charge is 0.507 e. The van der Waals surface area contributed by atoms with E-state index >= 15 is 0 Å². The number of hydrogen-bond donors (Lipinski definition) is 1. The molecule has 0 saturated carbocycles. The predicted molar refractivity (Wildman–Crippen MR) is 142 cm³/mol. The number of aryl methyl sites for hydroxylation is 3. The van der Waals surface area contributed by atoms with Crippen LogP contribution in [-0.2, 0) is 9.59 Å². The second kappa shape index (κ2) is 8.74. The molecule has 0 aliphatic carbocycles. The summed E-state index contributed by atoms with van der Waals surface area (Å²) >= 11 is 1.36. The molecule has 1 aromatic heterocycles. The van der Waals surface area contributed by atoms with Crippen LogP contribution in [0.2, 0.25) is 0 Å². The zero-order chi connectivity index (χ0) is 25.8. The molecule has 4 aromatic rings. The molecule has 0 radical (unpaired) electrons. The average molecular weight is 513 g/mol. The van der Waals surface area contributed by atoms with Gasteiger partial charge in [0.05, 0.1) is 21.8 Å². The highest BCUT2D eigenvalue weighted by atomic mass is 32.1. The zero-order valence-corrected chi connectivity index (χ0v) is 21.4. The van der Waals surface area contributed by atoms with Gasteiger partial charge in [-0.3, -0.25) is 14.5 Å². The number of carbonyl (C=O) groups excluding carboxylic acids is 2. The van der Waals surface area contributed by atoms with Crippen LogP contribution < -0.4 is 14.4 Å². The first-order valence-electron chi connectivity index (χ1n) is 12.0.